The zero-order valence-electron chi connectivity index (χ0n) is 9.20. The maximum atomic E-state index is 11.5. The van der Waals surface area contributed by atoms with E-state index in [0.717, 1.165) is 11.8 Å². The Bertz CT molecular complexity index is 401. The van der Waals surface area contributed by atoms with Gasteiger partial charge in [-0.05, 0) is 23.6 Å². The summed E-state index contributed by atoms with van der Waals surface area (Å²) in [6.45, 7) is 1.88. The molecule has 1 aromatic carbocycles. The van der Waals surface area contributed by atoms with Crippen LogP contribution in [0.25, 0.3) is 0 Å². The Morgan fingerprint density at radius 1 is 1.56 bits per heavy atom. The summed E-state index contributed by atoms with van der Waals surface area (Å²) in [6.07, 6.45) is 1.20. The third-order valence-electron chi connectivity index (χ3n) is 2.40. The molecule has 4 heteroatoms. The second-order valence-corrected chi connectivity index (χ2v) is 3.96. The van der Waals surface area contributed by atoms with Crippen molar-refractivity contribution in [3.05, 3.63) is 34.3 Å². The van der Waals surface area contributed by atoms with Crippen LogP contribution in [0.4, 0.5) is 0 Å². The first-order chi connectivity index (χ1) is 7.60. The molecular weight excluding hydrogens is 228 g/mol. The molecule has 0 amide bonds. The van der Waals surface area contributed by atoms with Crippen LogP contribution in [0.1, 0.15) is 35.2 Å². The quantitative estimate of drug-likeness (QED) is 0.600. The smallest absolute Gasteiger partial charge is 0.338 e. The monoisotopic (exact) mass is 240 g/mol. The molecule has 1 atom stereocenters. The number of carbonyl (C=O) groups excluding carboxylic acids is 2. The maximum absolute atomic E-state index is 11.5. The molecular formula is C12H13ClO3. The summed E-state index contributed by atoms with van der Waals surface area (Å²) < 4.78 is 4.67. The molecule has 0 aliphatic rings. The van der Waals surface area contributed by atoms with Gasteiger partial charge in [-0.25, -0.2) is 4.79 Å². The summed E-state index contributed by atoms with van der Waals surface area (Å²) in [5.74, 6) is -0.459. The normalized spacial score (nSPS) is 11.9. The van der Waals surface area contributed by atoms with E-state index in [1.807, 2.05) is 6.92 Å². The zero-order valence-corrected chi connectivity index (χ0v) is 9.95. The molecule has 0 saturated heterocycles. The van der Waals surface area contributed by atoms with Crippen LogP contribution in [0, 0.1) is 0 Å². The van der Waals surface area contributed by atoms with Gasteiger partial charge in [0, 0.05) is 11.4 Å². The molecule has 0 fully saturated rings. The number of esters is 1. The van der Waals surface area contributed by atoms with Crippen LogP contribution >= 0.6 is 11.6 Å². The van der Waals surface area contributed by atoms with E-state index in [2.05, 4.69) is 4.74 Å². The summed E-state index contributed by atoms with van der Waals surface area (Å²) in [6, 6.07) is 5.01. The average molecular weight is 241 g/mol. The molecule has 0 aliphatic carbocycles. The number of carbonyl (C=O) groups is 2. The number of benzene rings is 1. The van der Waals surface area contributed by atoms with Crippen molar-refractivity contribution in [2.45, 2.75) is 19.3 Å². The minimum atomic E-state index is -0.435. The standard InChI is InChI=1S/C12H13ClO3/c1-8(5-6-14)10-4-3-9(13)7-11(10)12(15)16-2/h3-4,6-8H,5H2,1-2H3. The van der Waals surface area contributed by atoms with Crippen molar-refractivity contribution in [1.82, 2.24) is 0 Å². The lowest BCUT2D eigenvalue weighted by Gasteiger charge is -2.13. The molecule has 0 heterocycles. The summed E-state index contributed by atoms with van der Waals surface area (Å²) in [5, 5.41) is 0.474. The predicted molar refractivity (Wildman–Crippen MR) is 61.9 cm³/mol. The van der Waals surface area contributed by atoms with Crippen molar-refractivity contribution in [3.8, 4) is 0 Å². The lowest BCUT2D eigenvalue weighted by Crippen LogP contribution is -2.08. The van der Waals surface area contributed by atoms with Crippen LogP contribution in [0.3, 0.4) is 0 Å². The maximum Gasteiger partial charge on any atom is 0.338 e. The molecule has 0 spiro atoms. The number of rotatable bonds is 4. The minimum absolute atomic E-state index is 0.0242. The van der Waals surface area contributed by atoms with E-state index in [1.54, 1.807) is 18.2 Å². The molecule has 0 radical (unpaired) electrons. The molecule has 0 N–H and O–H groups in total. The van der Waals surface area contributed by atoms with E-state index in [0.29, 0.717) is 17.0 Å². The first-order valence-electron chi connectivity index (χ1n) is 4.91. The van der Waals surface area contributed by atoms with Gasteiger partial charge in [0.15, 0.2) is 0 Å². The van der Waals surface area contributed by atoms with Crippen molar-refractivity contribution in [2.24, 2.45) is 0 Å². The van der Waals surface area contributed by atoms with Crippen molar-refractivity contribution in [1.29, 1.82) is 0 Å². The highest BCUT2D eigenvalue weighted by atomic mass is 35.5. The molecule has 0 bridgehead atoms. The highest BCUT2D eigenvalue weighted by Gasteiger charge is 2.16. The van der Waals surface area contributed by atoms with Crippen LogP contribution < -0.4 is 0 Å². The molecule has 1 rings (SSSR count). The van der Waals surface area contributed by atoms with Gasteiger partial charge in [-0.1, -0.05) is 24.6 Å². The van der Waals surface area contributed by atoms with Gasteiger partial charge in [-0.3, -0.25) is 0 Å². The number of halogens is 1. The van der Waals surface area contributed by atoms with E-state index in [9.17, 15) is 9.59 Å². The molecule has 1 aromatic rings. The van der Waals surface area contributed by atoms with Gasteiger partial charge in [0.2, 0.25) is 0 Å². The van der Waals surface area contributed by atoms with Crippen LogP contribution in [-0.2, 0) is 9.53 Å². The zero-order chi connectivity index (χ0) is 12.1. The van der Waals surface area contributed by atoms with E-state index >= 15 is 0 Å². The topological polar surface area (TPSA) is 43.4 Å². The first kappa shape index (κ1) is 12.7. The highest BCUT2D eigenvalue weighted by Crippen LogP contribution is 2.25. The van der Waals surface area contributed by atoms with Gasteiger partial charge >= 0.3 is 5.97 Å². The van der Waals surface area contributed by atoms with Gasteiger partial charge < -0.3 is 9.53 Å². The van der Waals surface area contributed by atoms with Gasteiger partial charge in [-0.15, -0.1) is 0 Å². The Labute approximate surface area is 99.4 Å². The van der Waals surface area contributed by atoms with Crippen LogP contribution in [-0.4, -0.2) is 19.4 Å². The third kappa shape index (κ3) is 2.83. The second kappa shape index (κ2) is 5.66. The Balaban J connectivity index is 3.16. The number of hydrogen-bond donors (Lipinski definition) is 0. The fourth-order valence-corrected chi connectivity index (χ4v) is 1.69. The summed E-state index contributed by atoms with van der Waals surface area (Å²) in [7, 11) is 1.32. The van der Waals surface area contributed by atoms with E-state index < -0.39 is 5.97 Å². The molecule has 0 aromatic heterocycles. The molecule has 3 nitrogen and oxygen atoms in total. The largest absolute Gasteiger partial charge is 0.465 e. The van der Waals surface area contributed by atoms with E-state index in [-0.39, 0.29) is 5.92 Å². The van der Waals surface area contributed by atoms with Gasteiger partial charge in [-0.2, -0.15) is 0 Å². The Hall–Kier alpha value is -1.35. The lowest BCUT2D eigenvalue weighted by atomic mass is 9.93. The lowest BCUT2D eigenvalue weighted by molar-refractivity contribution is -0.108. The number of ether oxygens (including phenoxy) is 1. The molecule has 86 valence electrons. The van der Waals surface area contributed by atoms with Crippen molar-refractivity contribution < 1.29 is 14.3 Å². The highest BCUT2D eigenvalue weighted by molar-refractivity contribution is 6.31. The van der Waals surface area contributed by atoms with Crippen LogP contribution in [0.2, 0.25) is 5.02 Å². The SMILES string of the molecule is COC(=O)c1cc(Cl)ccc1C(C)CC=O. The fourth-order valence-electron chi connectivity index (χ4n) is 1.52. The summed E-state index contributed by atoms with van der Waals surface area (Å²) in [5.41, 5.74) is 1.20. The van der Waals surface area contributed by atoms with Gasteiger partial charge in [0.05, 0.1) is 12.7 Å². The summed E-state index contributed by atoms with van der Waals surface area (Å²) >= 11 is 5.82. The summed E-state index contributed by atoms with van der Waals surface area (Å²) in [4.78, 5) is 22.0. The van der Waals surface area contributed by atoms with Crippen molar-refractivity contribution in [3.63, 3.8) is 0 Å². The van der Waals surface area contributed by atoms with Crippen molar-refractivity contribution in [2.75, 3.05) is 7.11 Å². The van der Waals surface area contributed by atoms with Crippen LogP contribution in [0.15, 0.2) is 18.2 Å². The number of methoxy groups -OCH3 is 1. The molecule has 1 unspecified atom stereocenters. The molecule has 16 heavy (non-hydrogen) atoms. The predicted octanol–water partition coefficient (Wildman–Crippen LogP) is 2.82. The minimum Gasteiger partial charge on any atom is -0.465 e. The van der Waals surface area contributed by atoms with Crippen LogP contribution in [0.5, 0.6) is 0 Å². The number of aldehydes is 1. The first-order valence-corrected chi connectivity index (χ1v) is 5.29. The Morgan fingerprint density at radius 2 is 2.25 bits per heavy atom. The van der Waals surface area contributed by atoms with Gasteiger partial charge in [0.1, 0.15) is 6.29 Å². The van der Waals surface area contributed by atoms with Gasteiger partial charge in [0.25, 0.3) is 0 Å². The third-order valence-corrected chi connectivity index (χ3v) is 2.64. The molecule has 0 aliphatic heterocycles. The Kier molecular flexibility index (Phi) is 4.50. The van der Waals surface area contributed by atoms with Crippen molar-refractivity contribution >= 4 is 23.9 Å². The second-order valence-electron chi connectivity index (χ2n) is 3.53. The van der Waals surface area contributed by atoms with E-state index in [1.165, 1.54) is 7.11 Å². The number of hydrogen-bond acceptors (Lipinski definition) is 3. The average Bonchev–Trinajstić information content (AvgIpc) is 2.28. The fraction of sp³-hybridized carbons (Fsp3) is 0.333. The molecule has 0 saturated carbocycles. The Morgan fingerprint density at radius 3 is 2.81 bits per heavy atom. The van der Waals surface area contributed by atoms with E-state index in [4.69, 9.17) is 11.6 Å².